The van der Waals surface area contributed by atoms with E-state index in [9.17, 15) is 0 Å². The third kappa shape index (κ3) is 3.46. The van der Waals surface area contributed by atoms with E-state index in [1.165, 1.54) is 5.56 Å². The molecule has 1 aromatic rings. The molecule has 2 rings (SSSR count). The molecule has 1 fully saturated rings. The van der Waals surface area contributed by atoms with Crippen molar-refractivity contribution in [2.75, 3.05) is 20.3 Å². The van der Waals surface area contributed by atoms with Crippen LogP contribution in [0.5, 0.6) is 5.75 Å². The Bertz CT molecular complexity index is 438. The largest absolute Gasteiger partial charge is 0.495 e. The average molecular weight is 298 g/mol. The minimum Gasteiger partial charge on any atom is -0.495 e. The number of halogens is 1. The van der Waals surface area contributed by atoms with E-state index in [1.54, 1.807) is 7.11 Å². The van der Waals surface area contributed by atoms with E-state index in [2.05, 4.69) is 25.2 Å². The molecule has 1 saturated heterocycles. The number of hydrogen-bond acceptors (Lipinski definition) is 3. The lowest BCUT2D eigenvalue weighted by Crippen LogP contribution is -2.32. The first-order valence-electron chi connectivity index (χ1n) is 7.35. The van der Waals surface area contributed by atoms with Crippen LogP contribution in [0.4, 0.5) is 0 Å². The molecule has 0 spiro atoms. The topological polar surface area (TPSA) is 30.5 Å². The van der Waals surface area contributed by atoms with Gasteiger partial charge in [0.05, 0.1) is 18.2 Å². The number of methoxy groups -OCH3 is 1. The summed E-state index contributed by atoms with van der Waals surface area (Å²) >= 11 is 6.12. The molecule has 0 bridgehead atoms. The van der Waals surface area contributed by atoms with Crippen LogP contribution >= 0.6 is 11.6 Å². The Morgan fingerprint density at radius 3 is 2.90 bits per heavy atom. The van der Waals surface area contributed by atoms with E-state index >= 15 is 0 Å². The Kier molecular flexibility index (Phi) is 5.70. The van der Waals surface area contributed by atoms with Gasteiger partial charge in [-0.2, -0.15) is 0 Å². The van der Waals surface area contributed by atoms with Gasteiger partial charge in [-0.3, -0.25) is 0 Å². The smallest absolute Gasteiger partial charge is 0.137 e. The fourth-order valence-electron chi connectivity index (χ4n) is 2.87. The van der Waals surface area contributed by atoms with Crippen molar-refractivity contribution in [2.24, 2.45) is 5.92 Å². The fourth-order valence-corrected chi connectivity index (χ4v) is 3.07. The van der Waals surface area contributed by atoms with Crippen LogP contribution in [-0.2, 0) is 4.74 Å². The number of nitrogens with one attached hydrogen (secondary N) is 1. The Morgan fingerprint density at radius 1 is 1.50 bits per heavy atom. The Labute approximate surface area is 126 Å². The minimum atomic E-state index is 0.283. The molecule has 0 aromatic heterocycles. The predicted octanol–water partition coefficient (Wildman–Crippen LogP) is 3.81. The lowest BCUT2D eigenvalue weighted by atomic mass is 9.88. The fraction of sp³-hybridized carbons (Fsp3) is 0.625. The zero-order valence-corrected chi connectivity index (χ0v) is 13.2. The summed E-state index contributed by atoms with van der Waals surface area (Å²) in [6, 6.07) is 6.33. The monoisotopic (exact) mass is 297 g/mol. The lowest BCUT2D eigenvalue weighted by Gasteiger charge is -2.28. The Hall–Kier alpha value is -0.770. The van der Waals surface area contributed by atoms with E-state index in [0.29, 0.717) is 17.0 Å². The molecule has 0 aliphatic carbocycles. The van der Waals surface area contributed by atoms with E-state index in [4.69, 9.17) is 21.1 Å². The molecule has 1 N–H and O–H groups in total. The molecule has 112 valence electrons. The summed E-state index contributed by atoms with van der Waals surface area (Å²) in [6.07, 6.45) is 2.49. The maximum Gasteiger partial charge on any atom is 0.137 e. The maximum atomic E-state index is 6.12. The molecule has 1 aliphatic rings. The Balaban J connectivity index is 2.25. The van der Waals surface area contributed by atoms with Gasteiger partial charge < -0.3 is 14.8 Å². The number of benzene rings is 1. The third-order valence-electron chi connectivity index (χ3n) is 4.01. The van der Waals surface area contributed by atoms with Crippen molar-refractivity contribution >= 4 is 11.6 Å². The van der Waals surface area contributed by atoms with Crippen LogP contribution in [0.15, 0.2) is 18.2 Å². The standard InChI is InChI=1S/C16H24ClNO2/c1-4-8-18-16(13-7-9-20-11(13)2)12-5-6-14(17)15(10-12)19-3/h5-6,10-11,13,16,18H,4,7-9H2,1-3H3. The van der Waals surface area contributed by atoms with Crippen molar-refractivity contribution in [1.82, 2.24) is 5.32 Å². The van der Waals surface area contributed by atoms with Crippen LogP contribution in [0.25, 0.3) is 0 Å². The van der Waals surface area contributed by atoms with Crippen molar-refractivity contribution in [3.8, 4) is 5.75 Å². The molecule has 1 heterocycles. The molecule has 20 heavy (non-hydrogen) atoms. The second-order valence-corrected chi connectivity index (χ2v) is 5.76. The average Bonchev–Trinajstić information content (AvgIpc) is 2.87. The number of rotatable bonds is 6. The third-order valence-corrected chi connectivity index (χ3v) is 4.32. The number of hydrogen-bond donors (Lipinski definition) is 1. The summed E-state index contributed by atoms with van der Waals surface area (Å²) in [7, 11) is 1.65. The molecule has 0 radical (unpaired) electrons. The predicted molar refractivity (Wildman–Crippen MR) is 82.6 cm³/mol. The quantitative estimate of drug-likeness (QED) is 0.866. The molecule has 1 aromatic carbocycles. The van der Waals surface area contributed by atoms with Crippen LogP contribution in [-0.4, -0.2) is 26.4 Å². The van der Waals surface area contributed by atoms with Gasteiger partial charge in [0.25, 0.3) is 0 Å². The summed E-state index contributed by atoms with van der Waals surface area (Å²) in [5, 5.41) is 4.30. The van der Waals surface area contributed by atoms with Crippen LogP contribution < -0.4 is 10.1 Å². The summed E-state index contributed by atoms with van der Waals surface area (Å²) in [5.74, 6) is 1.23. The molecule has 1 aliphatic heterocycles. The van der Waals surface area contributed by atoms with Gasteiger partial charge in [-0.1, -0.05) is 24.6 Å². The SMILES string of the molecule is CCCNC(c1ccc(Cl)c(OC)c1)C1CCOC1C. The molecule has 3 nitrogen and oxygen atoms in total. The highest BCUT2D eigenvalue weighted by Crippen LogP contribution is 2.36. The van der Waals surface area contributed by atoms with Crippen LogP contribution in [0.3, 0.4) is 0 Å². The molecule has 3 unspecified atom stereocenters. The van der Waals surface area contributed by atoms with Gasteiger partial charge >= 0.3 is 0 Å². The zero-order chi connectivity index (χ0) is 14.5. The van der Waals surface area contributed by atoms with Crippen molar-refractivity contribution < 1.29 is 9.47 Å². The van der Waals surface area contributed by atoms with Crippen molar-refractivity contribution in [2.45, 2.75) is 38.8 Å². The first-order chi connectivity index (χ1) is 9.67. The first-order valence-corrected chi connectivity index (χ1v) is 7.73. The van der Waals surface area contributed by atoms with E-state index in [-0.39, 0.29) is 6.10 Å². The van der Waals surface area contributed by atoms with Crippen LogP contribution in [0.2, 0.25) is 5.02 Å². The van der Waals surface area contributed by atoms with Crippen molar-refractivity contribution in [3.05, 3.63) is 28.8 Å². The van der Waals surface area contributed by atoms with Gasteiger partial charge in [-0.15, -0.1) is 0 Å². The molecule has 0 saturated carbocycles. The normalized spacial score (nSPS) is 23.8. The van der Waals surface area contributed by atoms with Gasteiger partial charge in [0.1, 0.15) is 5.75 Å². The Morgan fingerprint density at radius 2 is 2.30 bits per heavy atom. The summed E-state index contributed by atoms with van der Waals surface area (Å²) in [6.45, 7) is 6.19. The second-order valence-electron chi connectivity index (χ2n) is 5.35. The van der Waals surface area contributed by atoms with E-state index < -0.39 is 0 Å². The van der Waals surface area contributed by atoms with Gasteiger partial charge in [0.15, 0.2) is 0 Å². The van der Waals surface area contributed by atoms with Crippen molar-refractivity contribution in [3.63, 3.8) is 0 Å². The van der Waals surface area contributed by atoms with E-state index in [1.807, 2.05) is 12.1 Å². The molecular formula is C16H24ClNO2. The minimum absolute atomic E-state index is 0.283. The molecular weight excluding hydrogens is 274 g/mol. The molecule has 3 atom stereocenters. The maximum absolute atomic E-state index is 6.12. The van der Waals surface area contributed by atoms with Gasteiger partial charge in [0, 0.05) is 18.6 Å². The van der Waals surface area contributed by atoms with Gasteiger partial charge in [0.2, 0.25) is 0 Å². The van der Waals surface area contributed by atoms with E-state index in [0.717, 1.165) is 31.7 Å². The van der Waals surface area contributed by atoms with Gasteiger partial charge in [-0.25, -0.2) is 0 Å². The molecule has 0 amide bonds. The summed E-state index contributed by atoms with van der Waals surface area (Å²) in [5.41, 5.74) is 1.22. The highest BCUT2D eigenvalue weighted by molar-refractivity contribution is 6.32. The highest BCUT2D eigenvalue weighted by Gasteiger charge is 2.32. The lowest BCUT2D eigenvalue weighted by molar-refractivity contribution is 0.0953. The van der Waals surface area contributed by atoms with Crippen molar-refractivity contribution in [1.29, 1.82) is 0 Å². The highest BCUT2D eigenvalue weighted by atomic mass is 35.5. The second kappa shape index (κ2) is 7.30. The zero-order valence-electron chi connectivity index (χ0n) is 12.5. The van der Waals surface area contributed by atoms with Gasteiger partial charge in [-0.05, 0) is 44.0 Å². The van der Waals surface area contributed by atoms with Crippen LogP contribution in [0, 0.1) is 5.92 Å². The first kappa shape index (κ1) is 15.6. The summed E-state index contributed by atoms with van der Waals surface area (Å²) < 4.78 is 11.1. The van der Waals surface area contributed by atoms with Crippen LogP contribution in [0.1, 0.15) is 38.3 Å². The number of ether oxygens (including phenoxy) is 2. The summed E-state index contributed by atoms with van der Waals surface area (Å²) in [4.78, 5) is 0. The molecule has 4 heteroatoms.